The smallest absolute Gasteiger partial charge is 0.363 e. The molecule has 7 nitrogen and oxygen atoms in total. The van der Waals surface area contributed by atoms with E-state index in [9.17, 15) is 14.9 Å². The predicted molar refractivity (Wildman–Crippen MR) is 154 cm³/mol. The van der Waals surface area contributed by atoms with Crippen molar-refractivity contribution in [3.63, 3.8) is 0 Å². The monoisotopic (exact) mass is 812 g/mol. The summed E-state index contributed by atoms with van der Waals surface area (Å²) in [6.07, 6.45) is 1.59. The molecule has 0 atom stereocenters. The van der Waals surface area contributed by atoms with Gasteiger partial charge in [-0.2, -0.15) is 0 Å². The fraction of sp³-hybridized carbons (Fsp3) is 0.0435. The summed E-state index contributed by atoms with van der Waals surface area (Å²) in [7, 11) is 0. The van der Waals surface area contributed by atoms with Crippen LogP contribution in [0.5, 0.6) is 5.75 Å². The van der Waals surface area contributed by atoms with Gasteiger partial charge in [0, 0.05) is 21.3 Å². The molecule has 0 amide bonds. The van der Waals surface area contributed by atoms with Crippen LogP contribution in [0.1, 0.15) is 16.7 Å². The summed E-state index contributed by atoms with van der Waals surface area (Å²) >= 11 is 12.8. The molecule has 172 valence electrons. The van der Waals surface area contributed by atoms with Gasteiger partial charge in [0.2, 0.25) is 5.90 Å². The van der Waals surface area contributed by atoms with E-state index in [2.05, 4.69) is 72.8 Å². The van der Waals surface area contributed by atoms with Gasteiger partial charge in [0.15, 0.2) is 5.70 Å². The van der Waals surface area contributed by atoms with Crippen molar-refractivity contribution in [3.8, 4) is 5.75 Å². The van der Waals surface area contributed by atoms with Crippen molar-refractivity contribution < 1.29 is 19.2 Å². The average molecular weight is 813 g/mol. The Morgan fingerprint density at radius 3 is 2.44 bits per heavy atom. The minimum absolute atomic E-state index is 0.0664. The van der Waals surface area contributed by atoms with Gasteiger partial charge in [-0.3, -0.25) is 10.1 Å². The molecule has 34 heavy (non-hydrogen) atoms. The van der Waals surface area contributed by atoms with E-state index in [4.69, 9.17) is 21.1 Å². The van der Waals surface area contributed by atoms with Crippen LogP contribution in [0, 0.1) is 20.8 Å². The summed E-state index contributed by atoms with van der Waals surface area (Å²) < 4.78 is 14.2. The number of nitro groups is 1. The molecule has 0 unspecified atom stereocenters. The number of nitro benzene ring substituents is 1. The van der Waals surface area contributed by atoms with Gasteiger partial charge in [0.1, 0.15) is 12.4 Å². The van der Waals surface area contributed by atoms with E-state index in [1.807, 2.05) is 36.4 Å². The highest BCUT2D eigenvalue weighted by Crippen LogP contribution is 2.32. The quantitative estimate of drug-likeness (QED) is 0.0882. The highest BCUT2D eigenvalue weighted by Gasteiger charge is 2.27. The van der Waals surface area contributed by atoms with E-state index in [1.165, 1.54) is 18.2 Å². The molecule has 1 aliphatic heterocycles. The van der Waals surface area contributed by atoms with Crippen LogP contribution in [0.4, 0.5) is 5.69 Å². The molecule has 1 heterocycles. The largest absolute Gasteiger partial charge is 0.487 e. The highest BCUT2D eigenvalue weighted by atomic mass is 127. The summed E-state index contributed by atoms with van der Waals surface area (Å²) in [5, 5.41) is 11.3. The minimum Gasteiger partial charge on any atom is -0.487 e. The Bertz CT molecular complexity index is 1370. The maximum atomic E-state index is 12.4. The fourth-order valence-electron chi connectivity index (χ4n) is 3.04. The molecule has 0 spiro atoms. The van der Waals surface area contributed by atoms with Gasteiger partial charge in [-0.1, -0.05) is 29.8 Å². The van der Waals surface area contributed by atoms with Crippen LogP contribution in [0.3, 0.4) is 0 Å². The molecular weight excluding hydrogens is 800 g/mol. The SMILES string of the molecule is O=C1OC(c2cc([N+](=O)[O-])ccc2Cl)=N/C1=C\c1cc(I)c(OCc2ccccc2I)c(I)c1. The molecular formula is C23H12ClI3N2O5. The molecule has 0 N–H and O–H groups in total. The lowest BCUT2D eigenvalue weighted by Gasteiger charge is -2.12. The summed E-state index contributed by atoms with van der Waals surface area (Å²) in [5.41, 5.74) is 1.89. The Morgan fingerprint density at radius 1 is 1.06 bits per heavy atom. The Morgan fingerprint density at radius 2 is 1.76 bits per heavy atom. The van der Waals surface area contributed by atoms with Crippen LogP contribution >= 0.6 is 79.4 Å². The first-order valence-corrected chi connectivity index (χ1v) is 13.2. The number of esters is 1. The number of carbonyl (C=O) groups is 1. The maximum absolute atomic E-state index is 12.4. The minimum atomic E-state index is -0.665. The van der Waals surface area contributed by atoms with Crippen LogP contribution < -0.4 is 4.74 Å². The van der Waals surface area contributed by atoms with Crippen molar-refractivity contribution >= 4 is 103 Å². The lowest BCUT2D eigenvalue weighted by atomic mass is 10.2. The summed E-state index contributed by atoms with van der Waals surface area (Å²) in [4.78, 5) is 27.2. The van der Waals surface area contributed by atoms with E-state index < -0.39 is 10.9 Å². The third-order valence-corrected chi connectivity index (χ3v) is 7.65. The number of carbonyl (C=O) groups excluding carboxylic acids is 1. The standard InChI is InChI=1S/C23H12ClI3N2O5/c24-16-6-5-14(29(31)32)10-15(16)22-28-20(23(30)34-22)9-12-7-18(26)21(19(27)8-12)33-11-13-3-1-2-4-17(13)25/h1-10H,11H2/b20-9-. The number of nitrogens with zero attached hydrogens (tertiary/aromatic N) is 2. The van der Waals surface area contributed by atoms with Crippen molar-refractivity contribution in [1.82, 2.24) is 0 Å². The Balaban J connectivity index is 1.60. The first-order chi connectivity index (χ1) is 16.2. The summed E-state index contributed by atoms with van der Waals surface area (Å²) in [6.45, 7) is 0.440. The molecule has 4 rings (SSSR count). The van der Waals surface area contributed by atoms with Crippen LogP contribution in [-0.2, 0) is 16.1 Å². The predicted octanol–water partition coefficient (Wildman–Crippen LogP) is 6.99. The first kappa shape index (κ1) is 25.3. The molecule has 3 aromatic rings. The lowest BCUT2D eigenvalue weighted by molar-refractivity contribution is -0.384. The second-order valence-corrected chi connectivity index (χ2v) is 10.8. The van der Waals surface area contributed by atoms with Crippen molar-refractivity contribution in [3.05, 3.63) is 103 Å². The van der Waals surface area contributed by atoms with E-state index >= 15 is 0 Å². The van der Waals surface area contributed by atoms with Crippen molar-refractivity contribution in [1.29, 1.82) is 0 Å². The van der Waals surface area contributed by atoms with Crippen molar-refractivity contribution in [2.45, 2.75) is 6.61 Å². The van der Waals surface area contributed by atoms with Gasteiger partial charge in [-0.05, 0) is 104 Å². The molecule has 0 aromatic heterocycles. The zero-order valence-corrected chi connectivity index (χ0v) is 24.2. The van der Waals surface area contributed by atoms with Crippen LogP contribution in [0.2, 0.25) is 5.02 Å². The van der Waals surface area contributed by atoms with Gasteiger partial charge in [-0.25, -0.2) is 9.79 Å². The number of ether oxygens (including phenoxy) is 2. The average Bonchev–Trinajstić information content (AvgIpc) is 3.14. The molecule has 0 fully saturated rings. The summed E-state index contributed by atoms with van der Waals surface area (Å²) in [5.74, 6) is 0.0119. The number of hydrogen-bond acceptors (Lipinski definition) is 6. The Kier molecular flexibility index (Phi) is 8.09. The number of hydrogen-bond donors (Lipinski definition) is 0. The molecule has 11 heteroatoms. The van der Waals surface area contributed by atoms with Crippen LogP contribution in [0.25, 0.3) is 6.08 Å². The zero-order chi connectivity index (χ0) is 24.4. The number of benzene rings is 3. The van der Waals surface area contributed by atoms with Gasteiger partial charge < -0.3 is 9.47 Å². The van der Waals surface area contributed by atoms with E-state index in [-0.39, 0.29) is 27.9 Å². The van der Waals surface area contributed by atoms with Gasteiger partial charge >= 0.3 is 5.97 Å². The number of rotatable bonds is 6. The van der Waals surface area contributed by atoms with Gasteiger partial charge in [-0.15, -0.1) is 0 Å². The molecule has 0 aliphatic carbocycles. The van der Waals surface area contributed by atoms with Crippen LogP contribution in [0.15, 0.2) is 65.3 Å². The second-order valence-electron chi connectivity index (χ2n) is 6.95. The number of non-ortho nitro benzene ring substituents is 1. The molecule has 0 bridgehead atoms. The maximum Gasteiger partial charge on any atom is 0.363 e. The third kappa shape index (κ3) is 5.71. The van der Waals surface area contributed by atoms with Crippen LogP contribution in [-0.4, -0.2) is 16.8 Å². The summed E-state index contributed by atoms with van der Waals surface area (Å²) in [6, 6.07) is 15.6. The lowest BCUT2D eigenvalue weighted by Crippen LogP contribution is -2.06. The molecule has 3 aromatic carbocycles. The first-order valence-electron chi connectivity index (χ1n) is 9.55. The Labute approximate surface area is 240 Å². The van der Waals surface area contributed by atoms with E-state index in [0.29, 0.717) is 6.61 Å². The zero-order valence-electron chi connectivity index (χ0n) is 16.9. The van der Waals surface area contributed by atoms with E-state index in [1.54, 1.807) is 6.08 Å². The van der Waals surface area contributed by atoms with Crippen molar-refractivity contribution in [2.24, 2.45) is 4.99 Å². The number of aliphatic imine (C=N–C) groups is 1. The normalized spacial score (nSPS) is 14.2. The molecule has 1 aliphatic rings. The van der Waals surface area contributed by atoms with Gasteiger partial charge in [0.25, 0.3) is 5.69 Å². The topological polar surface area (TPSA) is 91.0 Å². The molecule has 0 radical (unpaired) electrons. The Hall–Kier alpha value is -1.78. The number of cyclic esters (lactones) is 1. The highest BCUT2D eigenvalue weighted by molar-refractivity contribution is 14.1. The fourth-order valence-corrected chi connectivity index (χ4v) is 5.91. The van der Waals surface area contributed by atoms with Crippen molar-refractivity contribution in [2.75, 3.05) is 0 Å². The number of halogens is 4. The van der Waals surface area contributed by atoms with Gasteiger partial charge in [0.05, 0.1) is 22.6 Å². The van der Waals surface area contributed by atoms with E-state index in [0.717, 1.165) is 27.6 Å². The second kappa shape index (κ2) is 10.9. The molecule has 0 saturated heterocycles. The third-order valence-electron chi connectivity index (χ3n) is 4.67. The molecule has 0 saturated carbocycles.